The Morgan fingerprint density at radius 2 is 2.04 bits per heavy atom. The van der Waals surface area contributed by atoms with Crippen molar-refractivity contribution in [2.24, 2.45) is 0 Å². The minimum absolute atomic E-state index is 0.0101. The lowest BCUT2D eigenvalue weighted by Crippen LogP contribution is -2.36. The summed E-state index contributed by atoms with van der Waals surface area (Å²) >= 11 is 2.20. The minimum Gasteiger partial charge on any atom is -0.313 e. The zero-order valence-electron chi connectivity index (χ0n) is 12.8. The maximum atomic E-state index is 12.0. The molecule has 2 aromatic rings. The Balaban J connectivity index is 2.02. The van der Waals surface area contributed by atoms with Crippen LogP contribution in [0.1, 0.15) is 15.2 Å². The lowest BCUT2D eigenvalue weighted by atomic mass is 10.3. The van der Waals surface area contributed by atoms with Crippen LogP contribution < -0.4 is 10.7 Å². The molecule has 24 heavy (non-hydrogen) atoms. The van der Waals surface area contributed by atoms with Crippen LogP contribution in [0.3, 0.4) is 0 Å². The molecular formula is C14H14N4O4S2. The molecule has 0 saturated heterocycles. The molecule has 0 aliphatic carbocycles. The summed E-state index contributed by atoms with van der Waals surface area (Å²) < 4.78 is 0. The summed E-state index contributed by atoms with van der Waals surface area (Å²) in [5.41, 5.74) is 2.96. The van der Waals surface area contributed by atoms with Gasteiger partial charge in [-0.2, -0.15) is 0 Å². The van der Waals surface area contributed by atoms with E-state index in [1.54, 1.807) is 31.6 Å². The van der Waals surface area contributed by atoms with Crippen LogP contribution in [0, 0.1) is 10.1 Å². The van der Waals surface area contributed by atoms with E-state index in [0.29, 0.717) is 15.4 Å². The normalized spacial score (nSPS) is 11.0. The fourth-order valence-corrected chi connectivity index (χ4v) is 3.20. The molecule has 0 spiro atoms. The second-order valence-electron chi connectivity index (χ2n) is 4.75. The molecule has 10 heteroatoms. The third-order valence-electron chi connectivity index (χ3n) is 2.66. The van der Waals surface area contributed by atoms with Gasteiger partial charge < -0.3 is 5.32 Å². The van der Waals surface area contributed by atoms with Gasteiger partial charge in [0.1, 0.15) is 5.00 Å². The van der Waals surface area contributed by atoms with Gasteiger partial charge in [0.25, 0.3) is 5.91 Å². The number of rotatable bonds is 6. The van der Waals surface area contributed by atoms with E-state index in [0.717, 1.165) is 11.3 Å². The Labute approximate surface area is 145 Å². The first-order valence-corrected chi connectivity index (χ1v) is 8.35. The van der Waals surface area contributed by atoms with Crippen molar-refractivity contribution < 1.29 is 14.5 Å². The topological polar surface area (TPSA) is 105 Å². The van der Waals surface area contributed by atoms with Crippen molar-refractivity contribution >= 4 is 50.6 Å². The molecule has 0 atom stereocenters. The molecule has 2 heterocycles. The third kappa shape index (κ3) is 4.72. The van der Waals surface area contributed by atoms with E-state index < -0.39 is 10.8 Å². The van der Waals surface area contributed by atoms with Gasteiger partial charge in [0.05, 0.1) is 10.5 Å². The van der Waals surface area contributed by atoms with Gasteiger partial charge >= 0.3 is 5.00 Å². The van der Waals surface area contributed by atoms with Crippen molar-refractivity contribution in [3.63, 3.8) is 0 Å². The van der Waals surface area contributed by atoms with Gasteiger partial charge in [-0.25, -0.2) is 5.01 Å². The highest BCUT2D eigenvalue weighted by atomic mass is 32.1. The van der Waals surface area contributed by atoms with Gasteiger partial charge in [-0.05, 0) is 23.6 Å². The monoisotopic (exact) mass is 366 g/mol. The zero-order chi connectivity index (χ0) is 17.7. The molecule has 8 nitrogen and oxygen atoms in total. The van der Waals surface area contributed by atoms with Gasteiger partial charge in [0, 0.05) is 31.1 Å². The number of hydrogen-bond acceptors (Lipinski definition) is 7. The van der Waals surface area contributed by atoms with Crippen LogP contribution in [0.2, 0.25) is 0 Å². The molecule has 0 aromatic carbocycles. The van der Waals surface area contributed by atoms with Gasteiger partial charge in [-0.15, -0.1) is 11.3 Å². The largest absolute Gasteiger partial charge is 0.324 e. The van der Waals surface area contributed by atoms with Crippen LogP contribution in [-0.4, -0.2) is 35.8 Å². The molecule has 0 bridgehead atoms. The van der Waals surface area contributed by atoms with Gasteiger partial charge in [0.15, 0.2) is 0 Å². The summed E-state index contributed by atoms with van der Waals surface area (Å²) in [5, 5.41) is 16.9. The van der Waals surface area contributed by atoms with Crippen molar-refractivity contribution in [3.8, 4) is 0 Å². The van der Waals surface area contributed by atoms with Crippen molar-refractivity contribution in [2.45, 2.75) is 0 Å². The van der Waals surface area contributed by atoms with Gasteiger partial charge in [0.2, 0.25) is 5.91 Å². The van der Waals surface area contributed by atoms with E-state index in [-0.39, 0.29) is 10.9 Å². The first-order valence-electron chi connectivity index (χ1n) is 6.66. The average Bonchev–Trinajstić information content (AvgIpc) is 3.13. The van der Waals surface area contributed by atoms with Crippen LogP contribution in [0.25, 0.3) is 6.08 Å². The number of hydrazine groups is 1. The summed E-state index contributed by atoms with van der Waals surface area (Å²) in [6, 6.07) is 4.56. The Morgan fingerprint density at radius 1 is 1.29 bits per heavy atom. The molecule has 2 rings (SSSR count). The quantitative estimate of drug-likeness (QED) is 0.464. The number of nitrogens with one attached hydrogen (secondary N) is 2. The molecule has 0 fully saturated rings. The van der Waals surface area contributed by atoms with E-state index in [1.165, 1.54) is 34.6 Å². The van der Waals surface area contributed by atoms with E-state index in [4.69, 9.17) is 0 Å². The summed E-state index contributed by atoms with van der Waals surface area (Å²) in [4.78, 5) is 34.7. The maximum Gasteiger partial charge on any atom is 0.324 e. The molecule has 0 saturated carbocycles. The Morgan fingerprint density at radius 3 is 2.67 bits per heavy atom. The Hall–Kier alpha value is -2.56. The van der Waals surface area contributed by atoms with Crippen molar-refractivity contribution in [2.75, 3.05) is 19.4 Å². The molecule has 0 unspecified atom stereocenters. The summed E-state index contributed by atoms with van der Waals surface area (Å²) in [7, 11) is 3.37. The Kier molecular flexibility index (Phi) is 5.79. The molecule has 126 valence electrons. The molecule has 0 aliphatic heterocycles. The second-order valence-corrected chi connectivity index (χ2v) is 6.76. The van der Waals surface area contributed by atoms with Crippen molar-refractivity contribution in [1.29, 1.82) is 0 Å². The van der Waals surface area contributed by atoms with Gasteiger partial charge in [-0.1, -0.05) is 11.3 Å². The molecule has 2 N–H and O–H groups in total. The fraction of sp³-hybridized carbons (Fsp3) is 0.143. The predicted molar refractivity (Wildman–Crippen MR) is 94.1 cm³/mol. The highest BCUT2D eigenvalue weighted by molar-refractivity contribution is 7.16. The van der Waals surface area contributed by atoms with Crippen molar-refractivity contribution in [1.82, 2.24) is 10.4 Å². The smallest absolute Gasteiger partial charge is 0.313 e. The lowest BCUT2D eigenvalue weighted by Gasteiger charge is -2.12. The predicted octanol–water partition coefficient (Wildman–Crippen LogP) is 2.58. The van der Waals surface area contributed by atoms with E-state index >= 15 is 0 Å². The summed E-state index contributed by atoms with van der Waals surface area (Å²) in [5.74, 6) is -0.748. The van der Waals surface area contributed by atoms with Crippen molar-refractivity contribution in [3.05, 3.63) is 50.2 Å². The summed E-state index contributed by atoms with van der Waals surface area (Å²) in [6.07, 6.45) is 2.75. The zero-order valence-corrected chi connectivity index (χ0v) is 14.4. The number of hydrogen-bond donors (Lipinski definition) is 2. The fourth-order valence-electron chi connectivity index (χ4n) is 1.69. The lowest BCUT2D eigenvalue weighted by molar-refractivity contribution is -0.380. The molecule has 0 radical (unpaired) electrons. The molecule has 2 aromatic heterocycles. The minimum atomic E-state index is -0.483. The SMILES string of the molecule is CN(C)NC(=O)c1ccsc1NC(=O)C=Cc1ccc([N+](=O)[O-])s1. The number of anilines is 1. The number of nitrogens with zero attached hydrogens (tertiary/aromatic N) is 2. The van der Waals surface area contributed by atoms with E-state index in [2.05, 4.69) is 10.7 Å². The molecular weight excluding hydrogens is 352 g/mol. The first kappa shape index (κ1) is 17.8. The number of carbonyl (C=O) groups is 2. The summed E-state index contributed by atoms with van der Waals surface area (Å²) in [6.45, 7) is 0. The number of amides is 2. The highest BCUT2D eigenvalue weighted by Gasteiger charge is 2.14. The van der Waals surface area contributed by atoms with Crippen LogP contribution in [0.15, 0.2) is 29.7 Å². The number of thiophene rings is 2. The van der Waals surface area contributed by atoms with Crippen LogP contribution in [0.4, 0.5) is 10.0 Å². The number of carbonyl (C=O) groups excluding carboxylic acids is 2. The van der Waals surface area contributed by atoms with Crippen LogP contribution in [-0.2, 0) is 4.79 Å². The van der Waals surface area contributed by atoms with Crippen LogP contribution in [0.5, 0.6) is 0 Å². The van der Waals surface area contributed by atoms with Crippen LogP contribution >= 0.6 is 22.7 Å². The molecule has 2 amide bonds. The van der Waals surface area contributed by atoms with Gasteiger partial charge in [-0.3, -0.25) is 25.1 Å². The average molecular weight is 366 g/mol. The maximum absolute atomic E-state index is 12.0. The molecule has 0 aliphatic rings. The second kappa shape index (κ2) is 7.81. The number of nitro groups is 1. The van der Waals surface area contributed by atoms with E-state index in [9.17, 15) is 19.7 Å². The Bertz CT molecular complexity index is 794. The highest BCUT2D eigenvalue weighted by Crippen LogP contribution is 2.25. The first-order chi connectivity index (χ1) is 11.4. The van der Waals surface area contributed by atoms with E-state index in [1.807, 2.05) is 0 Å². The third-order valence-corrected chi connectivity index (χ3v) is 4.50. The standard InChI is InChI=1S/C14H14N4O4S2/c1-17(2)16-13(20)10-7-8-23-14(10)15-11(19)5-3-9-4-6-12(24-9)18(21)22/h3-8H,1-2H3,(H,15,19)(H,16,20).